The number of rotatable bonds is 1. The van der Waals surface area contributed by atoms with E-state index in [0.717, 1.165) is 24.6 Å². The van der Waals surface area contributed by atoms with Crippen LogP contribution in [0.5, 0.6) is 0 Å². The van der Waals surface area contributed by atoms with Crippen molar-refractivity contribution in [3.8, 4) is 0 Å². The van der Waals surface area contributed by atoms with Gasteiger partial charge in [-0.25, -0.2) is 4.98 Å². The molecule has 0 bridgehead atoms. The van der Waals surface area contributed by atoms with Gasteiger partial charge in [-0.15, -0.1) is 0 Å². The Hall–Kier alpha value is -1.81. The predicted molar refractivity (Wildman–Crippen MR) is 73.8 cm³/mol. The molecule has 1 aromatic carbocycles. The van der Waals surface area contributed by atoms with E-state index in [2.05, 4.69) is 38.9 Å². The zero-order valence-corrected chi connectivity index (χ0v) is 10.8. The zero-order valence-electron chi connectivity index (χ0n) is 10.0. The highest BCUT2D eigenvalue weighted by Gasteiger charge is 2.21. The van der Waals surface area contributed by atoms with Gasteiger partial charge in [0.25, 0.3) is 0 Å². The summed E-state index contributed by atoms with van der Waals surface area (Å²) in [4.78, 5) is 12.8. The molecule has 2 aromatic rings. The number of likely N-dealkylation sites (N-methyl/N-ethyl adjacent to an activating group) is 1. The van der Waals surface area contributed by atoms with Crippen molar-refractivity contribution in [3.63, 3.8) is 0 Å². The lowest BCUT2D eigenvalue weighted by molar-refractivity contribution is 0.811. The topological polar surface area (TPSA) is 32.3 Å². The van der Waals surface area contributed by atoms with Crippen LogP contribution in [0.1, 0.15) is 0 Å². The number of hydrogen-bond acceptors (Lipinski definition) is 4. The van der Waals surface area contributed by atoms with Crippen LogP contribution in [0.2, 0.25) is 5.15 Å². The average molecular weight is 261 g/mol. The van der Waals surface area contributed by atoms with Gasteiger partial charge in [-0.2, -0.15) is 0 Å². The van der Waals surface area contributed by atoms with Gasteiger partial charge in [0.1, 0.15) is 5.15 Å². The summed E-state index contributed by atoms with van der Waals surface area (Å²) in [6, 6.07) is 8.28. The number of para-hydroxylation sites is 2. The number of hydrogen-bond donors (Lipinski definition) is 0. The number of nitrogens with zero attached hydrogens (tertiary/aromatic N) is 4. The van der Waals surface area contributed by atoms with E-state index in [1.807, 2.05) is 12.1 Å². The first-order chi connectivity index (χ1) is 8.75. The van der Waals surface area contributed by atoms with Crippen molar-refractivity contribution in [2.24, 2.45) is 0 Å². The standard InChI is InChI=1S/C13H13ClN4/c1-17-6-7-18(11-5-3-2-4-10(11)17)13-9-15-8-12(14)16-13/h2-5,8-9H,6-7H2,1H3. The Morgan fingerprint density at radius 1 is 1.11 bits per heavy atom. The summed E-state index contributed by atoms with van der Waals surface area (Å²) in [5.74, 6) is 0.794. The quantitative estimate of drug-likeness (QED) is 0.789. The molecule has 0 N–H and O–H groups in total. The first-order valence-corrected chi connectivity index (χ1v) is 6.19. The zero-order chi connectivity index (χ0) is 12.5. The highest BCUT2D eigenvalue weighted by Crippen LogP contribution is 2.35. The van der Waals surface area contributed by atoms with E-state index in [0.29, 0.717) is 5.15 Å². The Morgan fingerprint density at radius 2 is 1.89 bits per heavy atom. The molecular weight excluding hydrogens is 248 g/mol. The highest BCUT2D eigenvalue weighted by molar-refractivity contribution is 6.29. The van der Waals surface area contributed by atoms with Gasteiger partial charge < -0.3 is 9.80 Å². The number of benzene rings is 1. The van der Waals surface area contributed by atoms with Gasteiger partial charge in [-0.1, -0.05) is 23.7 Å². The summed E-state index contributed by atoms with van der Waals surface area (Å²) in [7, 11) is 2.10. The first kappa shape index (κ1) is 11.3. The van der Waals surface area contributed by atoms with Crippen LogP contribution in [0.4, 0.5) is 17.2 Å². The maximum atomic E-state index is 5.91. The molecule has 0 fully saturated rings. The number of halogens is 1. The Morgan fingerprint density at radius 3 is 2.67 bits per heavy atom. The lowest BCUT2D eigenvalue weighted by atomic mass is 10.2. The molecule has 0 unspecified atom stereocenters. The summed E-state index contributed by atoms with van der Waals surface area (Å²) < 4.78 is 0. The minimum atomic E-state index is 0.420. The van der Waals surface area contributed by atoms with Gasteiger partial charge in [-0.3, -0.25) is 4.98 Å². The Bertz CT molecular complexity index is 572. The van der Waals surface area contributed by atoms with Gasteiger partial charge in [-0.05, 0) is 12.1 Å². The SMILES string of the molecule is CN1CCN(c2cncc(Cl)n2)c2ccccc21. The molecule has 5 heteroatoms. The van der Waals surface area contributed by atoms with Crippen LogP contribution >= 0.6 is 11.6 Å². The van der Waals surface area contributed by atoms with E-state index in [1.54, 1.807) is 12.4 Å². The number of fused-ring (bicyclic) bond motifs is 1. The molecule has 1 aliphatic heterocycles. The predicted octanol–water partition coefficient (Wildman–Crippen LogP) is 2.72. The fraction of sp³-hybridized carbons (Fsp3) is 0.231. The smallest absolute Gasteiger partial charge is 0.153 e. The largest absolute Gasteiger partial charge is 0.371 e. The van der Waals surface area contributed by atoms with Crippen LogP contribution < -0.4 is 9.80 Å². The number of aromatic nitrogens is 2. The van der Waals surface area contributed by atoms with Gasteiger partial charge in [0, 0.05) is 20.1 Å². The molecule has 0 radical (unpaired) electrons. The second kappa shape index (κ2) is 4.46. The van der Waals surface area contributed by atoms with Crippen molar-refractivity contribution in [2.45, 2.75) is 0 Å². The van der Waals surface area contributed by atoms with Crippen molar-refractivity contribution in [3.05, 3.63) is 41.8 Å². The van der Waals surface area contributed by atoms with E-state index in [9.17, 15) is 0 Å². The Labute approximate surface area is 111 Å². The summed E-state index contributed by atoms with van der Waals surface area (Å²) in [5.41, 5.74) is 2.34. The van der Waals surface area contributed by atoms with Crippen molar-refractivity contribution in [2.75, 3.05) is 29.9 Å². The van der Waals surface area contributed by atoms with Crippen molar-refractivity contribution < 1.29 is 0 Å². The summed E-state index contributed by atoms with van der Waals surface area (Å²) in [6.45, 7) is 1.83. The summed E-state index contributed by atoms with van der Waals surface area (Å²) in [5, 5.41) is 0.420. The lowest BCUT2D eigenvalue weighted by Crippen LogP contribution is -2.36. The third-order valence-corrected chi connectivity index (χ3v) is 3.29. The average Bonchev–Trinajstić information content (AvgIpc) is 2.39. The molecule has 0 saturated carbocycles. The van der Waals surface area contributed by atoms with Crippen LogP contribution in [0.25, 0.3) is 0 Å². The minimum absolute atomic E-state index is 0.420. The van der Waals surface area contributed by atoms with Gasteiger partial charge in [0.2, 0.25) is 0 Å². The third-order valence-electron chi connectivity index (χ3n) is 3.11. The molecule has 0 atom stereocenters. The van der Waals surface area contributed by atoms with Gasteiger partial charge in [0.15, 0.2) is 5.82 Å². The minimum Gasteiger partial charge on any atom is -0.371 e. The Kier molecular flexibility index (Phi) is 2.80. The van der Waals surface area contributed by atoms with Crippen LogP contribution in [-0.4, -0.2) is 30.1 Å². The van der Waals surface area contributed by atoms with E-state index < -0.39 is 0 Å². The highest BCUT2D eigenvalue weighted by atomic mass is 35.5. The first-order valence-electron chi connectivity index (χ1n) is 5.81. The normalized spacial score (nSPS) is 14.6. The van der Waals surface area contributed by atoms with Crippen LogP contribution in [-0.2, 0) is 0 Å². The van der Waals surface area contributed by atoms with Gasteiger partial charge in [0.05, 0.1) is 23.8 Å². The third kappa shape index (κ3) is 1.88. The molecule has 3 rings (SSSR count). The molecule has 1 aromatic heterocycles. The van der Waals surface area contributed by atoms with Crippen molar-refractivity contribution in [1.82, 2.24) is 9.97 Å². The molecule has 0 aliphatic carbocycles. The molecule has 4 nitrogen and oxygen atoms in total. The molecular formula is C13H13ClN4. The molecule has 0 spiro atoms. The second-order valence-corrected chi connectivity index (χ2v) is 4.65. The number of anilines is 3. The van der Waals surface area contributed by atoms with Crippen LogP contribution in [0.3, 0.4) is 0 Å². The molecule has 0 saturated heterocycles. The fourth-order valence-corrected chi connectivity index (χ4v) is 2.35. The Balaban J connectivity index is 2.07. The van der Waals surface area contributed by atoms with Crippen LogP contribution in [0.15, 0.2) is 36.7 Å². The van der Waals surface area contributed by atoms with Crippen molar-refractivity contribution >= 4 is 28.8 Å². The monoisotopic (exact) mass is 260 g/mol. The van der Waals surface area contributed by atoms with E-state index in [-0.39, 0.29) is 0 Å². The van der Waals surface area contributed by atoms with Gasteiger partial charge >= 0.3 is 0 Å². The molecule has 18 heavy (non-hydrogen) atoms. The van der Waals surface area contributed by atoms with Crippen LogP contribution in [0, 0.1) is 0 Å². The summed E-state index contributed by atoms with van der Waals surface area (Å²) in [6.07, 6.45) is 3.29. The fourth-order valence-electron chi connectivity index (χ4n) is 2.21. The maximum absolute atomic E-state index is 5.91. The maximum Gasteiger partial charge on any atom is 0.153 e. The van der Waals surface area contributed by atoms with E-state index in [4.69, 9.17) is 11.6 Å². The molecule has 0 amide bonds. The van der Waals surface area contributed by atoms with Crippen molar-refractivity contribution in [1.29, 1.82) is 0 Å². The molecule has 92 valence electrons. The molecule has 1 aliphatic rings. The summed E-state index contributed by atoms with van der Waals surface area (Å²) >= 11 is 5.91. The van der Waals surface area contributed by atoms with E-state index in [1.165, 1.54) is 5.69 Å². The second-order valence-electron chi connectivity index (χ2n) is 4.26. The molecule has 2 heterocycles. The van der Waals surface area contributed by atoms with E-state index >= 15 is 0 Å². The lowest BCUT2D eigenvalue weighted by Gasteiger charge is -2.36.